The second kappa shape index (κ2) is 5.14. The maximum Gasteiger partial charge on any atom is 0.124 e. The summed E-state index contributed by atoms with van der Waals surface area (Å²) in [5.74, 6) is 0.761. The third kappa shape index (κ3) is 3.22. The molecule has 3 nitrogen and oxygen atoms in total. The van der Waals surface area contributed by atoms with Crippen molar-refractivity contribution in [2.24, 2.45) is 5.73 Å². The predicted molar refractivity (Wildman–Crippen MR) is 60.8 cm³/mol. The van der Waals surface area contributed by atoms with Gasteiger partial charge in [0.05, 0.1) is 6.10 Å². The van der Waals surface area contributed by atoms with Gasteiger partial charge in [0.2, 0.25) is 0 Å². The number of ether oxygens (including phenoxy) is 1. The Morgan fingerprint density at radius 3 is 2.60 bits per heavy atom. The predicted octanol–water partition coefficient (Wildman–Crippen LogP) is 1.60. The Kier molecular flexibility index (Phi) is 4.12. The van der Waals surface area contributed by atoms with E-state index >= 15 is 0 Å². The lowest BCUT2D eigenvalue weighted by Crippen LogP contribution is -2.26. The second-order valence-corrected chi connectivity index (χ2v) is 3.88. The average Bonchev–Trinajstić information content (AvgIpc) is 2.20. The number of aliphatic hydroxyl groups excluding tert-OH is 1. The highest BCUT2D eigenvalue weighted by molar-refractivity contribution is 5.36. The van der Waals surface area contributed by atoms with Gasteiger partial charge in [0.15, 0.2) is 0 Å². The van der Waals surface area contributed by atoms with Crippen LogP contribution in [-0.2, 0) is 6.54 Å². The summed E-state index contributed by atoms with van der Waals surface area (Å²) in [6.07, 6.45) is -0.713. The van der Waals surface area contributed by atoms with E-state index < -0.39 is 6.10 Å². The fraction of sp³-hybridized carbons (Fsp3) is 0.500. The van der Waals surface area contributed by atoms with Crippen LogP contribution < -0.4 is 10.5 Å². The number of aryl methyl sites for hydroxylation is 1. The topological polar surface area (TPSA) is 55.5 Å². The van der Waals surface area contributed by atoms with E-state index in [1.807, 2.05) is 32.0 Å². The van der Waals surface area contributed by atoms with E-state index in [-0.39, 0.29) is 6.10 Å². The first-order valence-electron chi connectivity index (χ1n) is 5.19. The zero-order chi connectivity index (χ0) is 11.4. The number of benzene rings is 1. The molecule has 1 aromatic rings. The third-order valence-corrected chi connectivity index (χ3v) is 2.43. The van der Waals surface area contributed by atoms with Crippen LogP contribution in [0.4, 0.5) is 0 Å². The fourth-order valence-electron chi connectivity index (χ4n) is 1.28. The van der Waals surface area contributed by atoms with Crippen LogP contribution in [0.1, 0.15) is 25.0 Å². The second-order valence-electron chi connectivity index (χ2n) is 3.88. The maximum atomic E-state index is 9.34. The molecule has 0 aliphatic rings. The van der Waals surface area contributed by atoms with Crippen LogP contribution >= 0.6 is 0 Å². The van der Waals surface area contributed by atoms with Gasteiger partial charge in [-0.1, -0.05) is 17.7 Å². The van der Waals surface area contributed by atoms with Crippen LogP contribution in [0.5, 0.6) is 5.75 Å². The lowest BCUT2D eigenvalue weighted by atomic mass is 10.1. The van der Waals surface area contributed by atoms with E-state index in [1.165, 1.54) is 0 Å². The van der Waals surface area contributed by atoms with Crippen LogP contribution in [0.2, 0.25) is 0 Å². The molecule has 0 aliphatic heterocycles. The summed E-state index contributed by atoms with van der Waals surface area (Å²) < 4.78 is 5.62. The summed E-state index contributed by atoms with van der Waals surface area (Å²) in [6.45, 7) is 6.01. The molecule has 0 aliphatic carbocycles. The molecular formula is C12H19NO2. The number of hydrogen-bond donors (Lipinski definition) is 2. The highest BCUT2D eigenvalue weighted by atomic mass is 16.5. The zero-order valence-corrected chi connectivity index (χ0v) is 9.53. The van der Waals surface area contributed by atoms with Gasteiger partial charge < -0.3 is 15.6 Å². The molecule has 2 unspecified atom stereocenters. The van der Waals surface area contributed by atoms with Crippen LogP contribution in [0, 0.1) is 6.92 Å². The van der Waals surface area contributed by atoms with Gasteiger partial charge >= 0.3 is 0 Å². The molecule has 1 rings (SSSR count). The molecule has 0 heterocycles. The molecule has 0 saturated heterocycles. The Hall–Kier alpha value is -1.06. The largest absolute Gasteiger partial charge is 0.488 e. The number of aliphatic hydroxyl groups is 1. The zero-order valence-electron chi connectivity index (χ0n) is 9.53. The van der Waals surface area contributed by atoms with Crippen molar-refractivity contribution < 1.29 is 9.84 Å². The highest BCUT2D eigenvalue weighted by Gasteiger charge is 2.12. The van der Waals surface area contributed by atoms with Crippen molar-refractivity contribution in [1.29, 1.82) is 0 Å². The Morgan fingerprint density at radius 1 is 1.40 bits per heavy atom. The van der Waals surface area contributed by atoms with Gasteiger partial charge in [-0.15, -0.1) is 0 Å². The molecule has 0 radical (unpaired) electrons. The Bertz CT molecular complexity index is 323. The van der Waals surface area contributed by atoms with Crippen LogP contribution in [-0.4, -0.2) is 17.3 Å². The van der Waals surface area contributed by atoms with E-state index in [0.717, 1.165) is 16.9 Å². The fourth-order valence-corrected chi connectivity index (χ4v) is 1.28. The Labute approximate surface area is 90.9 Å². The summed E-state index contributed by atoms with van der Waals surface area (Å²) in [5.41, 5.74) is 7.76. The van der Waals surface area contributed by atoms with Gasteiger partial charge in [-0.2, -0.15) is 0 Å². The molecule has 0 bridgehead atoms. The van der Waals surface area contributed by atoms with Crippen molar-refractivity contribution in [2.45, 2.75) is 39.5 Å². The van der Waals surface area contributed by atoms with Crippen molar-refractivity contribution in [3.63, 3.8) is 0 Å². The van der Waals surface area contributed by atoms with Gasteiger partial charge in [0.1, 0.15) is 11.9 Å². The molecule has 0 aromatic heterocycles. The van der Waals surface area contributed by atoms with Crippen LogP contribution in [0.3, 0.4) is 0 Å². The molecule has 0 fully saturated rings. The van der Waals surface area contributed by atoms with Gasteiger partial charge in [0, 0.05) is 12.1 Å². The van der Waals surface area contributed by atoms with Crippen molar-refractivity contribution in [3.05, 3.63) is 29.3 Å². The van der Waals surface area contributed by atoms with E-state index in [1.54, 1.807) is 6.92 Å². The molecule has 3 heteroatoms. The van der Waals surface area contributed by atoms with Crippen molar-refractivity contribution in [2.75, 3.05) is 0 Å². The van der Waals surface area contributed by atoms with Crippen molar-refractivity contribution in [1.82, 2.24) is 0 Å². The summed E-state index contributed by atoms with van der Waals surface area (Å²) in [5, 5.41) is 9.34. The number of nitrogens with two attached hydrogens (primary N) is 1. The molecule has 0 saturated carbocycles. The molecule has 3 N–H and O–H groups in total. The molecule has 1 aromatic carbocycles. The Morgan fingerprint density at radius 2 is 2.07 bits per heavy atom. The van der Waals surface area contributed by atoms with E-state index in [9.17, 15) is 5.11 Å². The third-order valence-electron chi connectivity index (χ3n) is 2.43. The SMILES string of the molecule is Cc1ccc(OC(C)C(C)O)c(CN)c1. The first kappa shape index (κ1) is 12.0. The number of rotatable bonds is 4. The van der Waals surface area contributed by atoms with Gasteiger partial charge in [-0.25, -0.2) is 0 Å². The molecule has 15 heavy (non-hydrogen) atoms. The summed E-state index contributed by atoms with van der Waals surface area (Å²) in [7, 11) is 0. The minimum atomic E-state index is -0.489. The molecular weight excluding hydrogens is 190 g/mol. The van der Waals surface area contributed by atoms with Crippen LogP contribution in [0.15, 0.2) is 18.2 Å². The normalized spacial score (nSPS) is 14.7. The smallest absolute Gasteiger partial charge is 0.124 e. The lowest BCUT2D eigenvalue weighted by Gasteiger charge is -2.19. The highest BCUT2D eigenvalue weighted by Crippen LogP contribution is 2.21. The quantitative estimate of drug-likeness (QED) is 0.792. The van der Waals surface area contributed by atoms with E-state index in [2.05, 4.69) is 0 Å². The van der Waals surface area contributed by atoms with E-state index in [4.69, 9.17) is 10.5 Å². The summed E-state index contributed by atoms with van der Waals surface area (Å²) >= 11 is 0. The van der Waals surface area contributed by atoms with Crippen molar-refractivity contribution >= 4 is 0 Å². The van der Waals surface area contributed by atoms with Gasteiger partial charge in [0.25, 0.3) is 0 Å². The first-order valence-corrected chi connectivity index (χ1v) is 5.19. The lowest BCUT2D eigenvalue weighted by molar-refractivity contribution is 0.0598. The van der Waals surface area contributed by atoms with Crippen LogP contribution in [0.25, 0.3) is 0 Å². The minimum Gasteiger partial charge on any atom is -0.488 e. The van der Waals surface area contributed by atoms with Gasteiger partial charge in [-0.05, 0) is 26.8 Å². The summed E-state index contributed by atoms with van der Waals surface area (Å²) in [6, 6.07) is 5.88. The number of hydrogen-bond acceptors (Lipinski definition) is 3. The standard InChI is InChI=1S/C12H19NO2/c1-8-4-5-12(11(6-8)7-13)15-10(3)9(2)14/h4-6,9-10,14H,7,13H2,1-3H3. The maximum absolute atomic E-state index is 9.34. The Balaban J connectivity index is 2.84. The average molecular weight is 209 g/mol. The first-order chi connectivity index (χ1) is 7.04. The minimum absolute atomic E-state index is 0.224. The molecule has 0 spiro atoms. The molecule has 84 valence electrons. The van der Waals surface area contributed by atoms with E-state index in [0.29, 0.717) is 6.54 Å². The van der Waals surface area contributed by atoms with Crippen molar-refractivity contribution in [3.8, 4) is 5.75 Å². The monoisotopic (exact) mass is 209 g/mol. The molecule has 2 atom stereocenters. The molecule has 0 amide bonds. The van der Waals surface area contributed by atoms with Gasteiger partial charge in [-0.3, -0.25) is 0 Å². The summed E-state index contributed by atoms with van der Waals surface area (Å²) in [4.78, 5) is 0.